The van der Waals surface area contributed by atoms with Gasteiger partial charge in [0.25, 0.3) is 5.56 Å². The maximum Gasteiger partial charge on any atom is 0.262 e. The van der Waals surface area contributed by atoms with Crippen molar-refractivity contribution in [3.8, 4) is 0 Å². The van der Waals surface area contributed by atoms with Gasteiger partial charge in [0, 0.05) is 37.9 Å². The van der Waals surface area contributed by atoms with Crippen molar-refractivity contribution >= 4 is 10.9 Å². The third-order valence-corrected chi connectivity index (χ3v) is 3.62. The molecule has 20 heavy (non-hydrogen) atoms. The largest absolute Gasteiger partial charge is 0.380 e. The van der Waals surface area contributed by atoms with Gasteiger partial charge in [-0.1, -0.05) is 0 Å². The SMILES string of the molecule is CN1CCOCC(Cn2cnc3ccncc3c2=O)C1. The highest BCUT2D eigenvalue weighted by Crippen LogP contribution is 2.09. The number of hydrogen-bond donors (Lipinski definition) is 0. The van der Waals surface area contributed by atoms with Gasteiger partial charge < -0.3 is 9.64 Å². The van der Waals surface area contributed by atoms with Crippen LogP contribution in [0.3, 0.4) is 0 Å². The molecule has 0 saturated carbocycles. The summed E-state index contributed by atoms with van der Waals surface area (Å²) in [6.45, 7) is 3.92. The number of aromatic nitrogens is 3. The molecule has 3 rings (SSSR count). The monoisotopic (exact) mass is 274 g/mol. The summed E-state index contributed by atoms with van der Waals surface area (Å²) in [6.07, 6.45) is 4.85. The van der Waals surface area contributed by atoms with E-state index in [1.807, 2.05) is 0 Å². The number of ether oxygens (including phenoxy) is 1. The normalized spacial score (nSPS) is 20.9. The summed E-state index contributed by atoms with van der Waals surface area (Å²) < 4.78 is 7.25. The molecule has 1 atom stereocenters. The van der Waals surface area contributed by atoms with E-state index in [-0.39, 0.29) is 5.56 Å². The third kappa shape index (κ3) is 2.71. The van der Waals surface area contributed by atoms with E-state index in [9.17, 15) is 4.79 Å². The molecule has 0 N–H and O–H groups in total. The minimum absolute atomic E-state index is 0.0324. The molecule has 1 fully saturated rings. The number of rotatable bonds is 2. The lowest BCUT2D eigenvalue weighted by Crippen LogP contribution is -2.32. The number of fused-ring (bicyclic) bond motifs is 1. The second-order valence-corrected chi connectivity index (χ2v) is 5.30. The molecule has 6 heteroatoms. The molecular formula is C14H18N4O2. The third-order valence-electron chi connectivity index (χ3n) is 3.62. The van der Waals surface area contributed by atoms with E-state index in [1.165, 1.54) is 0 Å². The minimum Gasteiger partial charge on any atom is -0.380 e. The molecule has 1 aliphatic heterocycles. The Morgan fingerprint density at radius 1 is 1.50 bits per heavy atom. The van der Waals surface area contributed by atoms with Gasteiger partial charge in [0.15, 0.2) is 0 Å². The lowest BCUT2D eigenvalue weighted by Gasteiger charge is -2.19. The Morgan fingerprint density at radius 2 is 2.40 bits per heavy atom. The lowest BCUT2D eigenvalue weighted by atomic mass is 10.1. The molecule has 0 spiro atoms. The fraction of sp³-hybridized carbons (Fsp3) is 0.500. The summed E-state index contributed by atoms with van der Waals surface area (Å²) in [7, 11) is 2.08. The molecule has 3 heterocycles. The lowest BCUT2D eigenvalue weighted by molar-refractivity contribution is 0.117. The van der Waals surface area contributed by atoms with Crippen LogP contribution in [0.2, 0.25) is 0 Å². The molecule has 1 saturated heterocycles. The average molecular weight is 274 g/mol. The molecule has 0 radical (unpaired) electrons. The van der Waals surface area contributed by atoms with E-state index in [4.69, 9.17) is 4.74 Å². The number of likely N-dealkylation sites (N-methyl/N-ethyl adjacent to an activating group) is 1. The molecule has 6 nitrogen and oxygen atoms in total. The van der Waals surface area contributed by atoms with Gasteiger partial charge in [-0.2, -0.15) is 0 Å². The van der Waals surface area contributed by atoms with Crippen molar-refractivity contribution < 1.29 is 4.74 Å². The van der Waals surface area contributed by atoms with Crippen molar-refractivity contribution in [2.45, 2.75) is 6.54 Å². The molecular weight excluding hydrogens is 256 g/mol. The molecule has 2 aromatic heterocycles. The molecule has 2 aromatic rings. The van der Waals surface area contributed by atoms with E-state index < -0.39 is 0 Å². The van der Waals surface area contributed by atoms with Crippen LogP contribution >= 0.6 is 0 Å². The number of nitrogens with zero attached hydrogens (tertiary/aromatic N) is 4. The molecule has 1 unspecified atom stereocenters. The predicted molar refractivity (Wildman–Crippen MR) is 75.6 cm³/mol. The first-order valence-electron chi connectivity index (χ1n) is 6.79. The van der Waals surface area contributed by atoms with Crippen LogP contribution in [0.4, 0.5) is 0 Å². The van der Waals surface area contributed by atoms with Crippen LogP contribution < -0.4 is 5.56 Å². The molecule has 0 bridgehead atoms. The summed E-state index contributed by atoms with van der Waals surface area (Å²) in [6, 6.07) is 1.75. The van der Waals surface area contributed by atoms with Crippen molar-refractivity contribution in [1.82, 2.24) is 19.4 Å². The van der Waals surface area contributed by atoms with Gasteiger partial charge in [-0.25, -0.2) is 4.98 Å². The van der Waals surface area contributed by atoms with Crippen LogP contribution in [0.1, 0.15) is 0 Å². The highest BCUT2D eigenvalue weighted by atomic mass is 16.5. The molecule has 0 aromatic carbocycles. The Bertz CT molecular complexity index is 655. The number of hydrogen-bond acceptors (Lipinski definition) is 5. The van der Waals surface area contributed by atoms with Crippen molar-refractivity contribution in [2.75, 3.05) is 33.4 Å². The molecule has 0 aliphatic carbocycles. The minimum atomic E-state index is -0.0324. The van der Waals surface area contributed by atoms with E-state index in [2.05, 4.69) is 21.9 Å². The topological polar surface area (TPSA) is 60.2 Å². The van der Waals surface area contributed by atoms with E-state index in [0.29, 0.717) is 30.0 Å². The van der Waals surface area contributed by atoms with Gasteiger partial charge >= 0.3 is 0 Å². The fourth-order valence-corrected chi connectivity index (χ4v) is 2.58. The average Bonchev–Trinajstić information content (AvgIpc) is 2.66. The summed E-state index contributed by atoms with van der Waals surface area (Å²) in [5.41, 5.74) is 0.658. The first-order chi connectivity index (χ1) is 9.74. The van der Waals surface area contributed by atoms with Crippen LogP contribution in [0.15, 0.2) is 29.6 Å². The second-order valence-electron chi connectivity index (χ2n) is 5.30. The number of pyridine rings is 1. The van der Waals surface area contributed by atoms with Crippen LogP contribution in [0.5, 0.6) is 0 Å². The van der Waals surface area contributed by atoms with Crippen molar-refractivity contribution in [1.29, 1.82) is 0 Å². The Labute approximate surface area is 117 Å². The molecule has 106 valence electrons. The van der Waals surface area contributed by atoms with Crippen LogP contribution in [-0.4, -0.2) is 52.8 Å². The predicted octanol–water partition coefficient (Wildman–Crippen LogP) is 0.370. The Morgan fingerprint density at radius 3 is 3.30 bits per heavy atom. The maximum absolute atomic E-state index is 12.4. The summed E-state index contributed by atoms with van der Waals surface area (Å²) in [5, 5.41) is 0.567. The molecule has 1 aliphatic rings. The zero-order chi connectivity index (χ0) is 13.9. The van der Waals surface area contributed by atoms with Gasteiger partial charge in [-0.3, -0.25) is 14.3 Å². The smallest absolute Gasteiger partial charge is 0.262 e. The molecule has 0 amide bonds. The quantitative estimate of drug-likeness (QED) is 0.792. The Kier molecular flexibility index (Phi) is 3.75. The van der Waals surface area contributed by atoms with Crippen LogP contribution in [0.25, 0.3) is 10.9 Å². The van der Waals surface area contributed by atoms with E-state index >= 15 is 0 Å². The van der Waals surface area contributed by atoms with Crippen LogP contribution in [0, 0.1) is 5.92 Å². The zero-order valence-corrected chi connectivity index (χ0v) is 11.5. The van der Waals surface area contributed by atoms with E-state index in [0.717, 1.165) is 19.7 Å². The fourth-order valence-electron chi connectivity index (χ4n) is 2.58. The van der Waals surface area contributed by atoms with Crippen LogP contribution in [-0.2, 0) is 11.3 Å². The second kappa shape index (κ2) is 5.68. The summed E-state index contributed by atoms with van der Waals surface area (Å²) in [5.74, 6) is 0.302. The van der Waals surface area contributed by atoms with Crippen molar-refractivity contribution in [3.05, 3.63) is 35.1 Å². The van der Waals surface area contributed by atoms with Gasteiger partial charge in [-0.05, 0) is 13.1 Å². The highest BCUT2D eigenvalue weighted by Gasteiger charge is 2.17. The van der Waals surface area contributed by atoms with Gasteiger partial charge in [0.1, 0.15) is 0 Å². The first kappa shape index (κ1) is 13.2. The van der Waals surface area contributed by atoms with Gasteiger partial charge in [0.05, 0.1) is 30.4 Å². The van der Waals surface area contributed by atoms with Crippen molar-refractivity contribution in [3.63, 3.8) is 0 Å². The Hall–Kier alpha value is -1.79. The highest BCUT2D eigenvalue weighted by molar-refractivity contribution is 5.75. The van der Waals surface area contributed by atoms with Crippen molar-refractivity contribution in [2.24, 2.45) is 5.92 Å². The van der Waals surface area contributed by atoms with E-state index in [1.54, 1.807) is 29.4 Å². The zero-order valence-electron chi connectivity index (χ0n) is 11.5. The van der Waals surface area contributed by atoms with Gasteiger partial charge in [0.2, 0.25) is 0 Å². The Balaban J connectivity index is 1.87. The maximum atomic E-state index is 12.4. The standard InChI is InChI=1S/C14H18N4O2/c1-17-4-5-20-9-11(7-17)8-18-10-16-13-2-3-15-6-12(13)14(18)19/h2-3,6,10-11H,4-5,7-9H2,1H3. The summed E-state index contributed by atoms with van der Waals surface area (Å²) >= 11 is 0. The van der Waals surface area contributed by atoms with Gasteiger partial charge in [-0.15, -0.1) is 0 Å². The first-order valence-corrected chi connectivity index (χ1v) is 6.79. The summed E-state index contributed by atoms with van der Waals surface area (Å²) in [4.78, 5) is 23.0.